The van der Waals surface area contributed by atoms with Gasteiger partial charge >= 0.3 is 5.97 Å². The number of hydrogen-bond acceptors (Lipinski definition) is 5. The molecule has 0 saturated carbocycles. The van der Waals surface area contributed by atoms with Crippen LogP contribution in [0, 0.1) is 13.8 Å². The van der Waals surface area contributed by atoms with Crippen molar-refractivity contribution in [3.05, 3.63) is 64.3 Å². The summed E-state index contributed by atoms with van der Waals surface area (Å²) in [5.41, 5.74) is 3.22. The van der Waals surface area contributed by atoms with Gasteiger partial charge in [-0.2, -0.15) is 5.10 Å². The van der Waals surface area contributed by atoms with Crippen molar-refractivity contribution in [2.45, 2.75) is 26.7 Å². The van der Waals surface area contributed by atoms with Crippen LogP contribution in [-0.4, -0.2) is 28.8 Å². The number of ether oxygens (including phenoxy) is 1. The molecule has 27 heavy (non-hydrogen) atoms. The fourth-order valence-corrected chi connectivity index (χ4v) is 3.79. The quantitative estimate of drug-likeness (QED) is 0.655. The second-order valence-electron chi connectivity index (χ2n) is 6.16. The van der Waals surface area contributed by atoms with Gasteiger partial charge in [-0.15, -0.1) is 11.3 Å². The molecular weight excluding hydrogens is 362 g/mol. The van der Waals surface area contributed by atoms with Crippen LogP contribution >= 0.6 is 11.3 Å². The number of methoxy groups -OCH3 is 1. The minimum absolute atomic E-state index is 0.145. The molecule has 7 heteroatoms. The Bertz CT molecular complexity index is 960. The Morgan fingerprint density at radius 2 is 1.96 bits per heavy atom. The van der Waals surface area contributed by atoms with E-state index in [2.05, 4.69) is 10.4 Å². The maximum absolute atomic E-state index is 12.4. The Morgan fingerprint density at radius 3 is 2.67 bits per heavy atom. The molecule has 1 amide bonds. The van der Waals surface area contributed by atoms with Gasteiger partial charge in [-0.05, 0) is 43.5 Å². The zero-order valence-corrected chi connectivity index (χ0v) is 16.3. The van der Waals surface area contributed by atoms with Crippen molar-refractivity contribution >= 4 is 28.2 Å². The van der Waals surface area contributed by atoms with Crippen LogP contribution in [0.1, 0.15) is 32.8 Å². The van der Waals surface area contributed by atoms with Gasteiger partial charge in [-0.1, -0.05) is 18.2 Å². The predicted molar refractivity (Wildman–Crippen MR) is 106 cm³/mol. The van der Waals surface area contributed by atoms with E-state index in [0.29, 0.717) is 23.4 Å². The first-order chi connectivity index (χ1) is 13.0. The molecule has 140 valence electrons. The van der Waals surface area contributed by atoms with E-state index in [1.807, 2.05) is 50.4 Å². The van der Waals surface area contributed by atoms with E-state index in [4.69, 9.17) is 4.74 Å². The van der Waals surface area contributed by atoms with Gasteiger partial charge in [0.2, 0.25) is 5.91 Å². The molecular formula is C20H21N3O3S. The number of esters is 1. The molecule has 0 bridgehead atoms. The number of thiophene rings is 1. The first-order valence-electron chi connectivity index (χ1n) is 8.56. The van der Waals surface area contributed by atoms with Gasteiger partial charge in [-0.3, -0.25) is 4.79 Å². The molecule has 3 rings (SSSR count). The van der Waals surface area contributed by atoms with E-state index in [0.717, 1.165) is 21.7 Å². The first-order valence-corrected chi connectivity index (χ1v) is 9.38. The summed E-state index contributed by atoms with van der Waals surface area (Å²) in [6, 6.07) is 9.80. The maximum Gasteiger partial charge on any atom is 0.341 e. The van der Waals surface area contributed by atoms with Crippen LogP contribution in [0.5, 0.6) is 0 Å². The molecule has 2 heterocycles. The molecule has 0 spiro atoms. The van der Waals surface area contributed by atoms with Crippen molar-refractivity contribution in [1.29, 1.82) is 0 Å². The van der Waals surface area contributed by atoms with Crippen LogP contribution in [0.2, 0.25) is 0 Å². The lowest BCUT2D eigenvalue weighted by atomic mass is 10.1. The Morgan fingerprint density at radius 1 is 1.22 bits per heavy atom. The Labute approximate surface area is 161 Å². The number of para-hydroxylation sites is 1. The maximum atomic E-state index is 12.4. The van der Waals surface area contributed by atoms with Gasteiger partial charge < -0.3 is 10.1 Å². The van der Waals surface area contributed by atoms with Gasteiger partial charge in [0.25, 0.3) is 0 Å². The molecule has 0 aliphatic rings. The molecule has 0 unspecified atom stereocenters. The topological polar surface area (TPSA) is 73.2 Å². The number of amides is 1. The summed E-state index contributed by atoms with van der Waals surface area (Å²) in [6.07, 6.45) is 4.55. The van der Waals surface area contributed by atoms with Gasteiger partial charge in [0.1, 0.15) is 5.00 Å². The van der Waals surface area contributed by atoms with Crippen molar-refractivity contribution in [1.82, 2.24) is 9.78 Å². The second-order valence-corrected chi connectivity index (χ2v) is 7.38. The summed E-state index contributed by atoms with van der Waals surface area (Å²) in [7, 11) is 1.34. The molecule has 0 aliphatic carbocycles. The van der Waals surface area contributed by atoms with Crippen molar-refractivity contribution < 1.29 is 14.3 Å². The van der Waals surface area contributed by atoms with Gasteiger partial charge in [0.15, 0.2) is 0 Å². The molecule has 0 atom stereocenters. The third-order valence-electron chi connectivity index (χ3n) is 4.33. The normalized spacial score (nSPS) is 10.6. The zero-order chi connectivity index (χ0) is 19.4. The van der Waals surface area contributed by atoms with E-state index >= 15 is 0 Å². The lowest BCUT2D eigenvalue weighted by molar-refractivity contribution is -0.116. The Kier molecular flexibility index (Phi) is 5.71. The number of carbonyl (C=O) groups is 2. The van der Waals surface area contributed by atoms with Crippen LogP contribution in [0.4, 0.5) is 5.00 Å². The number of anilines is 1. The number of nitrogens with zero attached hydrogens (tertiary/aromatic N) is 2. The molecule has 3 aromatic rings. The van der Waals surface area contributed by atoms with Crippen LogP contribution in [0.3, 0.4) is 0 Å². The molecule has 0 aliphatic heterocycles. The van der Waals surface area contributed by atoms with Gasteiger partial charge in [0.05, 0.1) is 24.6 Å². The number of benzene rings is 1. The number of carbonyl (C=O) groups excluding carboxylic acids is 2. The largest absolute Gasteiger partial charge is 0.465 e. The molecule has 1 aromatic carbocycles. The Hall–Kier alpha value is -2.93. The minimum Gasteiger partial charge on any atom is -0.465 e. The highest BCUT2D eigenvalue weighted by molar-refractivity contribution is 7.16. The van der Waals surface area contributed by atoms with E-state index in [9.17, 15) is 9.59 Å². The lowest BCUT2D eigenvalue weighted by Crippen LogP contribution is -2.14. The highest BCUT2D eigenvalue weighted by Crippen LogP contribution is 2.33. The van der Waals surface area contributed by atoms with Crippen LogP contribution in [0.25, 0.3) is 5.69 Å². The summed E-state index contributed by atoms with van der Waals surface area (Å²) < 4.78 is 6.62. The van der Waals surface area contributed by atoms with E-state index < -0.39 is 5.97 Å². The molecule has 0 saturated heterocycles. The summed E-state index contributed by atoms with van der Waals surface area (Å²) in [5.74, 6) is -0.579. The fraction of sp³-hybridized carbons (Fsp3) is 0.250. The highest BCUT2D eigenvalue weighted by Gasteiger charge is 2.21. The van der Waals surface area contributed by atoms with E-state index in [1.54, 1.807) is 10.9 Å². The zero-order valence-electron chi connectivity index (χ0n) is 15.5. The van der Waals surface area contributed by atoms with E-state index in [-0.39, 0.29) is 5.91 Å². The summed E-state index contributed by atoms with van der Waals surface area (Å²) in [4.78, 5) is 25.3. The summed E-state index contributed by atoms with van der Waals surface area (Å²) >= 11 is 1.39. The average Bonchev–Trinajstić information content (AvgIpc) is 3.25. The lowest BCUT2D eigenvalue weighted by Gasteiger charge is -2.06. The van der Waals surface area contributed by atoms with E-state index in [1.165, 1.54) is 18.4 Å². The van der Waals surface area contributed by atoms with Gasteiger partial charge in [0, 0.05) is 17.5 Å². The fourth-order valence-electron chi connectivity index (χ4n) is 2.72. The Balaban J connectivity index is 1.64. The average molecular weight is 383 g/mol. The molecule has 0 radical (unpaired) electrons. The number of aromatic nitrogens is 2. The van der Waals surface area contributed by atoms with Crippen molar-refractivity contribution in [2.75, 3.05) is 12.4 Å². The van der Waals surface area contributed by atoms with Crippen LogP contribution < -0.4 is 5.32 Å². The van der Waals surface area contributed by atoms with Gasteiger partial charge in [-0.25, -0.2) is 9.48 Å². The molecule has 0 fully saturated rings. The third-order valence-corrected chi connectivity index (χ3v) is 5.45. The van der Waals surface area contributed by atoms with Crippen LogP contribution in [-0.2, 0) is 16.0 Å². The van der Waals surface area contributed by atoms with Crippen LogP contribution in [0.15, 0.2) is 42.7 Å². The predicted octanol–water partition coefficient (Wildman–Crippen LogP) is 3.91. The standard InChI is InChI=1S/C20H21N3O3S/c1-13-14(2)27-19(18(13)20(25)26-3)22-17(24)10-9-15-11-21-23(12-15)16-7-5-4-6-8-16/h4-8,11-12H,9-10H2,1-3H3,(H,22,24). The second kappa shape index (κ2) is 8.18. The molecule has 2 aromatic heterocycles. The van der Waals surface area contributed by atoms with Crippen molar-refractivity contribution in [2.24, 2.45) is 0 Å². The smallest absolute Gasteiger partial charge is 0.341 e. The molecule has 1 N–H and O–H groups in total. The summed E-state index contributed by atoms with van der Waals surface area (Å²) in [5, 5.41) is 7.73. The monoisotopic (exact) mass is 383 g/mol. The number of aryl methyl sites for hydroxylation is 2. The first kappa shape index (κ1) is 18.8. The number of hydrogen-bond donors (Lipinski definition) is 1. The SMILES string of the molecule is COC(=O)c1c(NC(=O)CCc2cnn(-c3ccccc3)c2)sc(C)c1C. The number of rotatable bonds is 6. The number of nitrogens with one attached hydrogen (secondary N) is 1. The molecule has 6 nitrogen and oxygen atoms in total. The van der Waals surface area contributed by atoms with Crippen molar-refractivity contribution in [3.8, 4) is 5.69 Å². The van der Waals surface area contributed by atoms with Crippen molar-refractivity contribution in [3.63, 3.8) is 0 Å². The summed E-state index contributed by atoms with van der Waals surface area (Å²) in [6.45, 7) is 3.77. The third kappa shape index (κ3) is 4.25. The highest BCUT2D eigenvalue weighted by atomic mass is 32.1. The minimum atomic E-state index is -0.434.